The normalized spacial score (nSPS) is 11.5. The molecule has 13 heteroatoms. The zero-order chi connectivity index (χ0) is 26.6. The van der Waals surface area contributed by atoms with Gasteiger partial charge in [-0.05, 0) is 41.8 Å². The van der Waals surface area contributed by atoms with Gasteiger partial charge in [-0.15, -0.1) is 0 Å². The minimum Gasteiger partial charge on any atom is -0.496 e. The molecule has 12 nitrogen and oxygen atoms in total. The first-order chi connectivity index (χ1) is 17.8. The van der Waals surface area contributed by atoms with Crippen molar-refractivity contribution in [1.82, 2.24) is 20.3 Å². The van der Waals surface area contributed by atoms with Crippen molar-refractivity contribution in [2.24, 2.45) is 5.73 Å². The lowest BCUT2D eigenvalue weighted by Gasteiger charge is -2.12. The fraction of sp³-hybridized carbons (Fsp3) is 0.292. The van der Waals surface area contributed by atoms with E-state index in [0.717, 1.165) is 16.7 Å². The molecule has 1 amide bonds. The van der Waals surface area contributed by atoms with Crippen LogP contribution >= 0.6 is 0 Å². The second kappa shape index (κ2) is 10.9. The number of ether oxygens (including phenoxy) is 2. The quantitative estimate of drug-likeness (QED) is 0.264. The van der Waals surface area contributed by atoms with Gasteiger partial charge in [0.25, 0.3) is 10.0 Å². The standard InChI is InChI=1S/C24H28N6O6S/c1-4-15-5-6-18(34-2)21(9-15)37(32,33)29-24-23-19(35-3)7-16(8-20(23)36-28-24)13-30-14-17(12-27-30)11-26-22(31)10-25/h5-9,12,14H,4,10-11,13,25H2,1-3H3,(H,26,31)(H,28,29). The van der Waals surface area contributed by atoms with Gasteiger partial charge in [-0.3, -0.25) is 14.2 Å². The number of anilines is 1. The SMILES string of the molecule is CCc1ccc(OC)c(S(=O)(=O)Nc2noc3cc(Cn4cc(CNC(=O)CN)cn4)cc(OC)c23)c1. The van der Waals surface area contributed by atoms with Crippen LogP contribution in [0.5, 0.6) is 11.5 Å². The van der Waals surface area contributed by atoms with E-state index in [-0.39, 0.29) is 28.9 Å². The summed E-state index contributed by atoms with van der Waals surface area (Å²) in [5.74, 6) is 0.340. The van der Waals surface area contributed by atoms with Gasteiger partial charge in [0.05, 0.1) is 33.5 Å². The number of benzene rings is 2. The number of nitrogens with zero attached hydrogens (tertiary/aromatic N) is 3. The lowest BCUT2D eigenvalue weighted by molar-refractivity contribution is -0.119. The summed E-state index contributed by atoms with van der Waals surface area (Å²) in [7, 11) is -1.16. The third kappa shape index (κ3) is 5.67. The minimum atomic E-state index is -4.05. The third-order valence-corrected chi connectivity index (χ3v) is 7.04. The van der Waals surface area contributed by atoms with Crippen molar-refractivity contribution in [3.05, 3.63) is 59.4 Å². The molecule has 4 aromatic rings. The summed E-state index contributed by atoms with van der Waals surface area (Å²) in [6.07, 6.45) is 4.11. The largest absolute Gasteiger partial charge is 0.496 e. The number of nitrogens with one attached hydrogen (secondary N) is 2. The molecule has 196 valence electrons. The molecular formula is C24H28N6O6S. The van der Waals surface area contributed by atoms with Crippen molar-refractivity contribution in [3.63, 3.8) is 0 Å². The highest BCUT2D eigenvalue weighted by Crippen LogP contribution is 2.36. The Balaban J connectivity index is 1.60. The molecule has 0 aliphatic heterocycles. The van der Waals surface area contributed by atoms with Crippen molar-refractivity contribution < 1.29 is 27.2 Å². The molecule has 4 rings (SSSR count). The summed E-state index contributed by atoms with van der Waals surface area (Å²) in [5.41, 5.74) is 8.08. The zero-order valence-electron chi connectivity index (χ0n) is 20.6. The molecule has 0 bridgehead atoms. The molecule has 37 heavy (non-hydrogen) atoms. The number of fused-ring (bicyclic) bond motifs is 1. The van der Waals surface area contributed by atoms with Crippen LogP contribution < -0.4 is 25.2 Å². The van der Waals surface area contributed by atoms with Crippen LogP contribution in [0.2, 0.25) is 0 Å². The molecular weight excluding hydrogens is 500 g/mol. The predicted molar refractivity (Wildman–Crippen MR) is 136 cm³/mol. The average Bonchev–Trinajstić information content (AvgIpc) is 3.52. The van der Waals surface area contributed by atoms with Gasteiger partial charge in [0.1, 0.15) is 21.8 Å². The first-order valence-electron chi connectivity index (χ1n) is 11.4. The third-order valence-electron chi connectivity index (χ3n) is 5.68. The number of aryl methyl sites for hydroxylation is 1. The highest BCUT2D eigenvalue weighted by Gasteiger charge is 2.25. The zero-order valence-corrected chi connectivity index (χ0v) is 21.5. The highest BCUT2D eigenvalue weighted by atomic mass is 32.2. The van der Waals surface area contributed by atoms with E-state index < -0.39 is 10.0 Å². The molecule has 0 atom stereocenters. The van der Waals surface area contributed by atoms with Crippen LogP contribution in [0.4, 0.5) is 5.82 Å². The molecule has 2 heterocycles. The van der Waals surface area contributed by atoms with Crippen LogP contribution in [-0.4, -0.2) is 50.0 Å². The van der Waals surface area contributed by atoms with E-state index in [9.17, 15) is 13.2 Å². The number of hydrogen-bond donors (Lipinski definition) is 3. The van der Waals surface area contributed by atoms with E-state index in [1.54, 1.807) is 41.3 Å². The van der Waals surface area contributed by atoms with E-state index in [0.29, 0.717) is 36.2 Å². The molecule has 0 fully saturated rings. The van der Waals surface area contributed by atoms with E-state index in [4.69, 9.17) is 19.7 Å². The lowest BCUT2D eigenvalue weighted by Crippen LogP contribution is -2.29. The predicted octanol–water partition coefficient (Wildman–Crippen LogP) is 2.03. The van der Waals surface area contributed by atoms with Gasteiger partial charge in [0.2, 0.25) is 5.91 Å². The second-order valence-electron chi connectivity index (χ2n) is 8.17. The van der Waals surface area contributed by atoms with Crippen molar-refractivity contribution in [2.75, 3.05) is 25.5 Å². The molecule has 0 aliphatic carbocycles. The minimum absolute atomic E-state index is 0.000578. The Morgan fingerprint density at radius 3 is 2.59 bits per heavy atom. The lowest BCUT2D eigenvalue weighted by atomic mass is 10.1. The van der Waals surface area contributed by atoms with Crippen LogP contribution in [0.15, 0.2) is 52.1 Å². The maximum Gasteiger partial charge on any atom is 0.266 e. The summed E-state index contributed by atoms with van der Waals surface area (Å²) >= 11 is 0. The number of aromatic nitrogens is 3. The first-order valence-corrected chi connectivity index (χ1v) is 12.9. The molecule has 2 aromatic heterocycles. The van der Waals surface area contributed by atoms with Crippen LogP contribution in [0.25, 0.3) is 11.0 Å². The molecule has 0 saturated carbocycles. The summed E-state index contributed by atoms with van der Waals surface area (Å²) in [4.78, 5) is 11.4. The van der Waals surface area contributed by atoms with E-state index >= 15 is 0 Å². The van der Waals surface area contributed by atoms with Crippen molar-refractivity contribution >= 4 is 32.7 Å². The molecule has 2 aromatic carbocycles. The number of hydrogen-bond acceptors (Lipinski definition) is 9. The number of sulfonamides is 1. The number of amides is 1. The first kappa shape index (κ1) is 26.0. The Morgan fingerprint density at radius 1 is 1.11 bits per heavy atom. The number of methoxy groups -OCH3 is 2. The molecule has 0 saturated heterocycles. The van der Waals surface area contributed by atoms with Crippen LogP contribution in [0.1, 0.15) is 23.6 Å². The fourth-order valence-electron chi connectivity index (χ4n) is 3.79. The van der Waals surface area contributed by atoms with Gasteiger partial charge >= 0.3 is 0 Å². The van der Waals surface area contributed by atoms with Gasteiger partial charge in [0.15, 0.2) is 11.4 Å². The second-order valence-corrected chi connectivity index (χ2v) is 9.82. The Kier molecular flexibility index (Phi) is 7.64. The smallest absolute Gasteiger partial charge is 0.266 e. The highest BCUT2D eigenvalue weighted by molar-refractivity contribution is 7.92. The van der Waals surface area contributed by atoms with Crippen LogP contribution in [-0.2, 0) is 34.3 Å². The topological polar surface area (TPSA) is 164 Å². The number of carbonyl (C=O) groups is 1. The maximum absolute atomic E-state index is 13.3. The van der Waals surface area contributed by atoms with E-state index in [2.05, 4.69) is 20.3 Å². The molecule has 4 N–H and O–H groups in total. The number of rotatable bonds is 11. The van der Waals surface area contributed by atoms with E-state index in [1.165, 1.54) is 14.2 Å². The van der Waals surface area contributed by atoms with Crippen LogP contribution in [0, 0.1) is 0 Å². The van der Waals surface area contributed by atoms with Gasteiger partial charge in [0, 0.05) is 18.3 Å². The van der Waals surface area contributed by atoms with Crippen LogP contribution in [0.3, 0.4) is 0 Å². The van der Waals surface area contributed by atoms with Crippen molar-refractivity contribution in [2.45, 2.75) is 31.3 Å². The molecule has 0 spiro atoms. The monoisotopic (exact) mass is 528 g/mol. The number of carbonyl (C=O) groups excluding carboxylic acids is 1. The molecule has 0 radical (unpaired) electrons. The summed E-state index contributed by atoms with van der Waals surface area (Å²) in [6.45, 7) is 2.54. The molecule has 0 unspecified atom stereocenters. The summed E-state index contributed by atoms with van der Waals surface area (Å²) in [6, 6.07) is 8.49. The summed E-state index contributed by atoms with van der Waals surface area (Å²) < 4.78 is 47.0. The Hall–Kier alpha value is -4.10. The average molecular weight is 529 g/mol. The molecule has 0 aliphatic rings. The van der Waals surface area contributed by atoms with Crippen molar-refractivity contribution in [1.29, 1.82) is 0 Å². The summed E-state index contributed by atoms with van der Waals surface area (Å²) in [5, 5.41) is 11.3. The maximum atomic E-state index is 13.3. The van der Waals surface area contributed by atoms with E-state index in [1.807, 2.05) is 13.0 Å². The number of nitrogens with two attached hydrogens (primary N) is 1. The van der Waals surface area contributed by atoms with Gasteiger partial charge < -0.3 is 25.0 Å². The Morgan fingerprint density at radius 2 is 1.89 bits per heavy atom. The fourth-order valence-corrected chi connectivity index (χ4v) is 5.02. The van der Waals surface area contributed by atoms with Gasteiger partial charge in [-0.2, -0.15) is 5.10 Å². The Labute approximate surface area is 213 Å². The van der Waals surface area contributed by atoms with Gasteiger partial charge in [-0.1, -0.05) is 18.1 Å². The Bertz CT molecular complexity index is 1530. The van der Waals surface area contributed by atoms with Gasteiger partial charge in [-0.25, -0.2) is 8.42 Å². The van der Waals surface area contributed by atoms with Crippen molar-refractivity contribution in [3.8, 4) is 11.5 Å².